The fourth-order valence-electron chi connectivity index (χ4n) is 3.40. The third kappa shape index (κ3) is 7.81. The summed E-state index contributed by atoms with van der Waals surface area (Å²) in [6, 6.07) is 6.25. The van der Waals surface area contributed by atoms with Crippen molar-refractivity contribution in [1.82, 2.24) is 15.1 Å². The monoisotopic (exact) mass is 492 g/mol. The Labute approximate surface area is 180 Å². The summed E-state index contributed by atoms with van der Waals surface area (Å²) >= 11 is 0. The number of aliphatic imine (C=N–C) groups is 1. The highest BCUT2D eigenvalue weighted by Gasteiger charge is 2.26. The second kappa shape index (κ2) is 12.4. The molecule has 5 nitrogen and oxygen atoms in total. The molecule has 154 valence electrons. The third-order valence-electron chi connectivity index (χ3n) is 4.89. The Morgan fingerprint density at radius 3 is 2.78 bits per heavy atom. The Bertz CT molecular complexity index is 583. The smallest absolute Gasteiger partial charge is 0.193 e. The average molecular weight is 492 g/mol. The van der Waals surface area contributed by atoms with Crippen molar-refractivity contribution in [2.45, 2.75) is 33.3 Å². The second-order valence-corrected chi connectivity index (χ2v) is 6.90. The van der Waals surface area contributed by atoms with Crippen LogP contribution in [0.15, 0.2) is 29.3 Å². The predicted octanol–water partition coefficient (Wildman–Crippen LogP) is 3.45. The van der Waals surface area contributed by atoms with Gasteiger partial charge < -0.3 is 19.9 Å². The van der Waals surface area contributed by atoms with Crippen LogP contribution in [0.2, 0.25) is 0 Å². The van der Waals surface area contributed by atoms with Crippen molar-refractivity contribution in [1.29, 1.82) is 0 Å². The number of nitrogens with one attached hydrogen (secondary N) is 1. The summed E-state index contributed by atoms with van der Waals surface area (Å²) < 4.78 is 19.0. The van der Waals surface area contributed by atoms with Gasteiger partial charge in [-0.2, -0.15) is 0 Å². The molecule has 0 radical (unpaired) electrons. The van der Waals surface area contributed by atoms with E-state index in [0.29, 0.717) is 18.2 Å². The number of rotatable bonds is 8. The molecule has 0 bridgehead atoms. The molecule has 7 heteroatoms. The fourth-order valence-corrected chi connectivity index (χ4v) is 3.40. The summed E-state index contributed by atoms with van der Waals surface area (Å²) in [7, 11) is 1.82. The molecule has 0 spiro atoms. The van der Waals surface area contributed by atoms with E-state index in [-0.39, 0.29) is 35.9 Å². The maximum Gasteiger partial charge on any atom is 0.193 e. The van der Waals surface area contributed by atoms with E-state index in [2.05, 4.69) is 34.0 Å². The van der Waals surface area contributed by atoms with Crippen molar-refractivity contribution in [3.8, 4) is 5.75 Å². The largest absolute Gasteiger partial charge is 0.489 e. The molecule has 0 amide bonds. The molecule has 2 rings (SSSR count). The van der Waals surface area contributed by atoms with Gasteiger partial charge in [-0.05, 0) is 44.5 Å². The molecule has 0 aromatic heterocycles. The van der Waals surface area contributed by atoms with Gasteiger partial charge in [0.1, 0.15) is 17.7 Å². The van der Waals surface area contributed by atoms with Crippen molar-refractivity contribution >= 4 is 29.9 Å². The molecule has 2 unspecified atom stereocenters. The van der Waals surface area contributed by atoms with Gasteiger partial charge in [-0.25, -0.2) is 4.39 Å². The number of benzene rings is 1. The predicted molar refractivity (Wildman–Crippen MR) is 121 cm³/mol. The maximum absolute atomic E-state index is 13.2. The number of guanidine groups is 1. The lowest BCUT2D eigenvalue weighted by Gasteiger charge is -2.25. The van der Waals surface area contributed by atoms with Gasteiger partial charge in [0.25, 0.3) is 0 Å². The molecule has 1 fully saturated rings. The first-order valence-electron chi connectivity index (χ1n) is 9.65. The molecule has 1 aromatic rings. The van der Waals surface area contributed by atoms with Gasteiger partial charge in [0, 0.05) is 32.7 Å². The minimum atomic E-state index is -0.283. The van der Waals surface area contributed by atoms with Gasteiger partial charge in [-0.3, -0.25) is 4.99 Å². The summed E-state index contributed by atoms with van der Waals surface area (Å²) in [5, 5.41) is 3.39. The van der Waals surface area contributed by atoms with Crippen molar-refractivity contribution < 1.29 is 9.13 Å². The summed E-state index contributed by atoms with van der Waals surface area (Å²) in [5.74, 6) is 1.88. The van der Waals surface area contributed by atoms with Gasteiger partial charge >= 0.3 is 0 Å². The van der Waals surface area contributed by atoms with Crippen molar-refractivity contribution in [3.05, 3.63) is 30.1 Å². The number of hydrogen-bond donors (Lipinski definition) is 1. The number of likely N-dealkylation sites (tertiary alicyclic amines) is 1. The lowest BCUT2D eigenvalue weighted by atomic mass is 10.1. The summed E-state index contributed by atoms with van der Waals surface area (Å²) in [5.41, 5.74) is 0. The molecule has 2 atom stereocenters. The highest BCUT2D eigenvalue weighted by atomic mass is 127. The zero-order valence-electron chi connectivity index (χ0n) is 16.9. The molecule has 1 aromatic carbocycles. The van der Waals surface area contributed by atoms with Crippen LogP contribution < -0.4 is 10.1 Å². The van der Waals surface area contributed by atoms with E-state index in [1.165, 1.54) is 18.6 Å². The Morgan fingerprint density at radius 2 is 2.15 bits per heavy atom. The Morgan fingerprint density at radius 1 is 1.41 bits per heavy atom. The van der Waals surface area contributed by atoms with Gasteiger partial charge in [0.2, 0.25) is 0 Å². The number of nitrogens with zero attached hydrogens (tertiary/aromatic N) is 3. The quantitative estimate of drug-likeness (QED) is 0.343. The van der Waals surface area contributed by atoms with Crippen molar-refractivity contribution in [2.24, 2.45) is 10.9 Å². The van der Waals surface area contributed by atoms with Crippen molar-refractivity contribution in [3.63, 3.8) is 0 Å². The van der Waals surface area contributed by atoms with Crippen LogP contribution in [-0.4, -0.2) is 68.2 Å². The van der Waals surface area contributed by atoms with Gasteiger partial charge in [0.05, 0.1) is 6.54 Å². The Hall–Kier alpha value is -1.09. The van der Waals surface area contributed by atoms with E-state index in [1.54, 1.807) is 12.1 Å². The summed E-state index contributed by atoms with van der Waals surface area (Å²) in [4.78, 5) is 9.23. The minimum absolute atomic E-state index is 0. The van der Waals surface area contributed by atoms with E-state index in [1.807, 2.05) is 14.0 Å². The zero-order chi connectivity index (χ0) is 18.9. The van der Waals surface area contributed by atoms with Crippen LogP contribution in [-0.2, 0) is 0 Å². The van der Waals surface area contributed by atoms with Crippen LogP contribution in [0.25, 0.3) is 0 Å². The number of ether oxygens (including phenoxy) is 1. The second-order valence-electron chi connectivity index (χ2n) is 6.90. The average Bonchev–Trinajstić information content (AvgIpc) is 3.08. The first-order chi connectivity index (χ1) is 12.5. The van der Waals surface area contributed by atoms with Crippen LogP contribution in [0.1, 0.15) is 27.2 Å². The van der Waals surface area contributed by atoms with Crippen LogP contribution in [0, 0.1) is 11.7 Å². The normalized spacial score (nSPS) is 18.4. The first kappa shape index (κ1) is 23.9. The van der Waals surface area contributed by atoms with Gasteiger partial charge in [0.15, 0.2) is 5.96 Å². The van der Waals surface area contributed by atoms with Crippen LogP contribution >= 0.6 is 24.0 Å². The molecule has 1 N–H and O–H groups in total. The lowest BCUT2D eigenvalue weighted by Crippen LogP contribution is -2.44. The Balaban J connectivity index is 0.00000364. The maximum atomic E-state index is 13.2. The lowest BCUT2D eigenvalue weighted by molar-refractivity contribution is 0.221. The van der Waals surface area contributed by atoms with E-state index in [4.69, 9.17) is 4.74 Å². The zero-order valence-corrected chi connectivity index (χ0v) is 19.3. The third-order valence-corrected chi connectivity index (χ3v) is 4.89. The SMILES string of the molecule is CCN(CC)CC1CCN(C(=NC)NCC(C)Oc2cccc(F)c2)C1.I. The van der Waals surface area contributed by atoms with E-state index >= 15 is 0 Å². The topological polar surface area (TPSA) is 40.1 Å². The van der Waals surface area contributed by atoms with E-state index in [9.17, 15) is 4.39 Å². The van der Waals surface area contributed by atoms with Crippen LogP contribution in [0.3, 0.4) is 0 Å². The molecular weight excluding hydrogens is 458 g/mol. The molecule has 0 saturated carbocycles. The summed E-state index contributed by atoms with van der Waals surface area (Å²) in [6.07, 6.45) is 1.12. The van der Waals surface area contributed by atoms with Gasteiger partial charge in [-0.1, -0.05) is 19.9 Å². The highest BCUT2D eigenvalue weighted by molar-refractivity contribution is 14.0. The number of hydrogen-bond acceptors (Lipinski definition) is 3. The molecular formula is C20H34FIN4O. The molecule has 1 saturated heterocycles. The number of halogens is 2. The standard InChI is InChI=1S/C20H33FN4O.HI/c1-5-24(6-2)14-17-10-11-25(15-17)20(22-4)23-13-16(3)26-19-9-7-8-18(21)12-19;/h7-9,12,16-17H,5-6,10-11,13-15H2,1-4H3,(H,22,23);1H. The molecule has 1 aliphatic heterocycles. The fraction of sp³-hybridized carbons (Fsp3) is 0.650. The van der Waals surface area contributed by atoms with Crippen LogP contribution in [0.5, 0.6) is 5.75 Å². The van der Waals surface area contributed by atoms with Gasteiger partial charge in [-0.15, -0.1) is 24.0 Å². The molecule has 0 aliphatic carbocycles. The molecule has 1 heterocycles. The molecule has 27 heavy (non-hydrogen) atoms. The minimum Gasteiger partial charge on any atom is -0.489 e. The first-order valence-corrected chi connectivity index (χ1v) is 9.65. The van der Waals surface area contributed by atoms with Crippen molar-refractivity contribution in [2.75, 3.05) is 46.3 Å². The highest BCUT2D eigenvalue weighted by Crippen LogP contribution is 2.18. The Kier molecular flexibility index (Phi) is 11.0. The summed E-state index contributed by atoms with van der Waals surface area (Å²) in [6.45, 7) is 12.5. The van der Waals surface area contributed by atoms with E-state index in [0.717, 1.165) is 38.7 Å². The van der Waals surface area contributed by atoms with E-state index < -0.39 is 0 Å². The van der Waals surface area contributed by atoms with Crippen LogP contribution in [0.4, 0.5) is 4.39 Å². The molecule has 1 aliphatic rings.